The van der Waals surface area contributed by atoms with Crippen molar-refractivity contribution in [2.75, 3.05) is 20.8 Å². The molecule has 27 heavy (non-hydrogen) atoms. The molecule has 2 aromatic carbocycles. The minimum absolute atomic E-state index is 0.315. The Bertz CT molecular complexity index is 803. The number of benzene rings is 2. The molecule has 0 amide bonds. The van der Waals surface area contributed by atoms with E-state index in [0.717, 1.165) is 42.0 Å². The van der Waals surface area contributed by atoms with Crippen LogP contribution in [0.4, 0.5) is 0 Å². The van der Waals surface area contributed by atoms with Crippen molar-refractivity contribution in [2.24, 2.45) is 4.99 Å². The Hall–Kier alpha value is -2.60. The first kappa shape index (κ1) is 19.2. The van der Waals surface area contributed by atoms with Crippen LogP contribution in [0.1, 0.15) is 37.1 Å². The van der Waals surface area contributed by atoms with Gasteiger partial charge < -0.3 is 19.1 Å². The lowest BCUT2D eigenvalue weighted by Crippen LogP contribution is -2.40. The van der Waals surface area contributed by atoms with Crippen molar-refractivity contribution >= 4 is 23.2 Å². The van der Waals surface area contributed by atoms with Crippen molar-refractivity contribution in [1.29, 1.82) is 0 Å². The summed E-state index contributed by atoms with van der Waals surface area (Å²) in [5.41, 5.74) is 1.88. The number of hydrogen-bond acceptors (Lipinski definition) is 4. The highest BCUT2D eigenvalue weighted by atomic mass is 32.1. The molecule has 0 saturated heterocycles. The number of nitrogens with zero attached hydrogens (tertiary/aromatic N) is 2. The first-order chi connectivity index (χ1) is 13.2. The molecule has 0 aliphatic carbocycles. The SMILES string of the molecule is CCCCN1C(=S)N=C(c2ccc(OC)cc2)OC1c1ccc(OC)cc1. The maximum atomic E-state index is 6.29. The van der Waals surface area contributed by atoms with Crippen LogP contribution in [0.5, 0.6) is 11.5 Å². The van der Waals surface area contributed by atoms with Crippen LogP contribution in [-0.2, 0) is 4.74 Å². The van der Waals surface area contributed by atoms with Crippen LogP contribution in [0.25, 0.3) is 0 Å². The summed E-state index contributed by atoms with van der Waals surface area (Å²) < 4.78 is 16.8. The van der Waals surface area contributed by atoms with E-state index in [0.29, 0.717) is 11.0 Å². The Balaban J connectivity index is 1.92. The highest BCUT2D eigenvalue weighted by molar-refractivity contribution is 7.80. The second-order valence-electron chi connectivity index (χ2n) is 6.22. The quantitative estimate of drug-likeness (QED) is 0.655. The molecule has 3 rings (SSSR count). The van der Waals surface area contributed by atoms with Gasteiger partial charge >= 0.3 is 0 Å². The first-order valence-electron chi connectivity index (χ1n) is 9.00. The van der Waals surface area contributed by atoms with Gasteiger partial charge in [-0.2, -0.15) is 4.99 Å². The minimum Gasteiger partial charge on any atom is -0.497 e. The van der Waals surface area contributed by atoms with E-state index >= 15 is 0 Å². The van der Waals surface area contributed by atoms with E-state index in [-0.39, 0.29) is 6.23 Å². The monoisotopic (exact) mass is 384 g/mol. The molecule has 1 unspecified atom stereocenters. The Morgan fingerprint density at radius 3 is 2.15 bits per heavy atom. The van der Waals surface area contributed by atoms with Crippen molar-refractivity contribution in [3.05, 3.63) is 59.7 Å². The van der Waals surface area contributed by atoms with Crippen LogP contribution >= 0.6 is 12.2 Å². The lowest BCUT2D eigenvalue weighted by Gasteiger charge is -2.36. The molecule has 0 saturated carbocycles. The molecular weight excluding hydrogens is 360 g/mol. The number of unbranched alkanes of at least 4 members (excludes halogenated alkanes) is 1. The summed E-state index contributed by atoms with van der Waals surface area (Å²) >= 11 is 5.60. The summed E-state index contributed by atoms with van der Waals surface area (Å²) in [5, 5.41) is 0.543. The van der Waals surface area contributed by atoms with Gasteiger partial charge in [-0.3, -0.25) is 0 Å². The number of methoxy groups -OCH3 is 2. The summed E-state index contributed by atoms with van der Waals surface area (Å²) in [6.07, 6.45) is 1.78. The summed E-state index contributed by atoms with van der Waals surface area (Å²) in [6, 6.07) is 15.5. The van der Waals surface area contributed by atoms with Crippen LogP contribution in [0, 0.1) is 0 Å². The highest BCUT2D eigenvalue weighted by Crippen LogP contribution is 2.30. The Kier molecular flexibility index (Phi) is 6.29. The Morgan fingerprint density at radius 1 is 1.00 bits per heavy atom. The predicted molar refractivity (Wildman–Crippen MR) is 111 cm³/mol. The molecule has 1 aliphatic rings. The van der Waals surface area contributed by atoms with E-state index < -0.39 is 0 Å². The lowest BCUT2D eigenvalue weighted by atomic mass is 10.1. The maximum Gasteiger partial charge on any atom is 0.225 e. The predicted octanol–water partition coefficient (Wildman–Crippen LogP) is 4.57. The molecule has 0 aromatic heterocycles. The Morgan fingerprint density at radius 2 is 1.59 bits per heavy atom. The van der Waals surface area contributed by atoms with Gasteiger partial charge in [0.1, 0.15) is 11.5 Å². The summed E-state index contributed by atoms with van der Waals surface area (Å²) in [7, 11) is 3.30. The average Bonchev–Trinajstić information content (AvgIpc) is 2.72. The topological polar surface area (TPSA) is 43.3 Å². The first-order valence-corrected chi connectivity index (χ1v) is 9.41. The van der Waals surface area contributed by atoms with Gasteiger partial charge in [0.05, 0.1) is 14.2 Å². The van der Waals surface area contributed by atoms with E-state index in [9.17, 15) is 0 Å². The summed E-state index contributed by atoms with van der Waals surface area (Å²) in [4.78, 5) is 6.57. The van der Waals surface area contributed by atoms with E-state index in [4.69, 9.17) is 26.4 Å². The van der Waals surface area contributed by atoms with Gasteiger partial charge in [-0.15, -0.1) is 0 Å². The van der Waals surface area contributed by atoms with Gasteiger partial charge in [-0.25, -0.2) is 0 Å². The van der Waals surface area contributed by atoms with Gasteiger partial charge in [-0.1, -0.05) is 13.3 Å². The zero-order chi connectivity index (χ0) is 19.2. The van der Waals surface area contributed by atoms with Crippen molar-refractivity contribution in [3.8, 4) is 11.5 Å². The highest BCUT2D eigenvalue weighted by Gasteiger charge is 2.30. The van der Waals surface area contributed by atoms with E-state index in [1.165, 1.54) is 0 Å². The van der Waals surface area contributed by atoms with Gasteiger partial charge in [0, 0.05) is 17.7 Å². The molecule has 2 aromatic rings. The molecule has 0 spiro atoms. The van der Waals surface area contributed by atoms with Crippen molar-refractivity contribution in [2.45, 2.75) is 26.0 Å². The number of rotatable bonds is 7. The zero-order valence-corrected chi connectivity index (χ0v) is 16.7. The number of ether oxygens (including phenoxy) is 3. The van der Waals surface area contributed by atoms with Crippen molar-refractivity contribution in [3.63, 3.8) is 0 Å². The van der Waals surface area contributed by atoms with E-state index in [1.54, 1.807) is 14.2 Å². The molecule has 1 heterocycles. The van der Waals surface area contributed by atoms with Crippen molar-refractivity contribution < 1.29 is 14.2 Å². The van der Waals surface area contributed by atoms with Gasteiger partial charge in [0.25, 0.3) is 0 Å². The molecule has 0 bridgehead atoms. The van der Waals surface area contributed by atoms with Crippen LogP contribution in [0.3, 0.4) is 0 Å². The summed E-state index contributed by atoms with van der Waals surface area (Å²) in [5.74, 6) is 2.12. The smallest absolute Gasteiger partial charge is 0.225 e. The zero-order valence-electron chi connectivity index (χ0n) is 15.8. The van der Waals surface area contributed by atoms with Crippen LogP contribution in [0.2, 0.25) is 0 Å². The molecule has 0 fully saturated rings. The summed E-state index contributed by atoms with van der Waals surface area (Å²) in [6.45, 7) is 2.95. The molecule has 1 atom stereocenters. The normalized spacial score (nSPS) is 16.6. The average molecular weight is 385 g/mol. The fourth-order valence-electron chi connectivity index (χ4n) is 2.87. The third-order valence-corrected chi connectivity index (χ3v) is 4.77. The molecule has 5 nitrogen and oxygen atoms in total. The second-order valence-corrected chi connectivity index (χ2v) is 6.58. The van der Waals surface area contributed by atoms with E-state index in [2.05, 4.69) is 11.9 Å². The van der Waals surface area contributed by atoms with Crippen LogP contribution in [0.15, 0.2) is 53.5 Å². The number of aliphatic imine (C=N–C) groups is 1. The van der Waals surface area contributed by atoms with Gasteiger partial charge in [0.2, 0.25) is 17.2 Å². The number of thiocarbonyl (C=S) groups is 1. The molecule has 0 N–H and O–H groups in total. The molecule has 142 valence electrons. The minimum atomic E-state index is -0.315. The third kappa shape index (κ3) is 4.39. The molecular formula is C21H24N2O3S. The molecule has 6 heteroatoms. The van der Waals surface area contributed by atoms with E-state index in [1.807, 2.05) is 53.4 Å². The molecule has 1 aliphatic heterocycles. The Labute approximate surface area is 165 Å². The fraction of sp³-hybridized carbons (Fsp3) is 0.333. The van der Waals surface area contributed by atoms with Crippen molar-refractivity contribution in [1.82, 2.24) is 4.90 Å². The van der Waals surface area contributed by atoms with Crippen LogP contribution in [-0.4, -0.2) is 36.7 Å². The second kappa shape index (κ2) is 8.86. The molecule has 0 radical (unpaired) electrons. The third-order valence-electron chi connectivity index (χ3n) is 4.44. The number of hydrogen-bond donors (Lipinski definition) is 0. The fourth-order valence-corrected chi connectivity index (χ4v) is 3.14. The largest absolute Gasteiger partial charge is 0.497 e. The van der Waals surface area contributed by atoms with Gasteiger partial charge in [-0.05, 0) is 67.2 Å². The standard InChI is InChI=1S/C21H24N2O3S/c1-4-5-14-23-20(16-8-12-18(25-3)13-9-16)26-19(22-21(23)27)15-6-10-17(24-2)11-7-15/h6-13,20H,4-5,14H2,1-3H3. The van der Waals surface area contributed by atoms with Crippen LogP contribution < -0.4 is 9.47 Å². The maximum absolute atomic E-state index is 6.29. The lowest BCUT2D eigenvalue weighted by molar-refractivity contribution is 0.0577. The van der Waals surface area contributed by atoms with Gasteiger partial charge in [0.15, 0.2) is 0 Å².